The molecule has 3 aromatic carbocycles. The van der Waals surface area contributed by atoms with Crippen LogP contribution < -0.4 is 10.3 Å². The Morgan fingerprint density at radius 1 is 0.972 bits per heavy atom. The van der Waals surface area contributed by atoms with Crippen molar-refractivity contribution in [1.82, 2.24) is 9.55 Å². The number of nitrogens with zero attached hydrogens (tertiary/aromatic N) is 2. The third-order valence-electron chi connectivity index (χ3n) is 7.76. The number of aryl methyl sites for hydroxylation is 1. The molecule has 1 saturated carbocycles. The Morgan fingerprint density at radius 2 is 1.69 bits per heavy atom. The maximum absolute atomic E-state index is 14.5. The van der Waals surface area contributed by atoms with Crippen LogP contribution in [0.4, 0.5) is 0 Å². The number of rotatable bonds is 5. The minimum atomic E-state index is -0.123. The van der Waals surface area contributed by atoms with Crippen molar-refractivity contribution in [3.8, 4) is 22.7 Å². The molecule has 4 aromatic rings. The third kappa shape index (κ3) is 3.96. The number of benzene rings is 3. The van der Waals surface area contributed by atoms with Crippen LogP contribution in [0.3, 0.4) is 0 Å². The van der Waals surface area contributed by atoms with Gasteiger partial charge in [-0.1, -0.05) is 78.7 Å². The molecule has 1 fully saturated rings. The van der Waals surface area contributed by atoms with E-state index in [0.717, 1.165) is 71.3 Å². The van der Waals surface area contributed by atoms with E-state index in [1.165, 1.54) is 16.7 Å². The largest absolute Gasteiger partial charge is 0.497 e. The van der Waals surface area contributed by atoms with E-state index in [2.05, 4.69) is 55.5 Å². The van der Waals surface area contributed by atoms with Gasteiger partial charge in [0.1, 0.15) is 5.75 Å². The molecular formula is C31H30N2O2S. The maximum Gasteiger partial charge on any atom is 0.263 e. The first-order valence-corrected chi connectivity index (χ1v) is 13.7. The van der Waals surface area contributed by atoms with Gasteiger partial charge < -0.3 is 4.74 Å². The summed E-state index contributed by atoms with van der Waals surface area (Å²) in [6.45, 7) is 2.10. The smallest absolute Gasteiger partial charge is 0.263 e. The van der Waals surface area contributed by atoms with Crippen molar-refractivity contribution in [2.45, 2.75) is 55.4 Å². The fourth-order valence-corrected chi connectivity index (χ4v) is 6.86. The summed E-state index contributed by atoms with van der Waals surface area (Å²) in [4.78, 5) is 19.8. The summed E-state index contributed by atoms with van der Waals surface area (Å²) < 4.78 is 7.22. The average molecular weight is 495 g/mol. The van der Waals surface area contributed by atoms with Crippen LogP contribution in [0, 0.1) is 6.92 Å². The molecule has 1 aromatic heterocycles. The Kier molecular flexibility index (Phi) is 5.96. The second-order valence-corrected chi connectivity index (χ2v) is 11.0. The number of methoxy groups -OCH3 is 1. The number of hydrogen-bond acceptors (Lipinski definition) is 4. The van der Waals surface area contributed by atoms with Crippen LogP contribution in [0.1, 0.15) is 47.9 Å². The van der Waals surface area contributed by atoms with E-state index >= 15 is 0 Å². The summed E-state index contributed by atoms with van der Waals surface area (Å²) in [5, 5.41) is 0.731. The van der Waals surface area contributed by atoms with Crippen molar-refractivity contribution in [3.05, 3.63) is 105 Å². The highest BCUT2D eigenvalue weighted by Gasteiger charge is 2.44. The molecule has 0 atom stereocenters. The molecule has 4 nitrogen and oxygen atoms in total. The van der Waals surface area contributed by atoms with Gasteiger partial charge >= 0.3 is 0 Å². The van der Waals surface area contributed by atoms with Gasteiger partial charge in [0.2, 0.25) is 0 Å². The van der Waals surface area contributed by atoms with Gasteiger partial charge in [-0.15, -0.1) is 0 Å². The molecule has 2 aliphatic rings. The highest BCUT2D eigenvalue weighted by molar-refractivity contribution is 7.98. The number of ether oxygens (including phenoxy) is 1. The van der Waals surface area contributed by atoms with Gasteiger partial charge in [-0.05, 0) is 61.6 Å². The molecule has 0 unspecified atom stereocenters. The summed E-state index contributed by atoms with van der Waals surface area (Å²) in [5.74, 6) is 1.52. The van der Waals surface area contributed by atoms with E-state index in [4.69, 9.17) is 9.72 Å². The lowest BCUT2D eigenvalue weighted by atomic mass is 9.68. The lowest BCUT2D eigenvalue weighted by molar-refractivity contribution is 0.414. The third-order valence-corrected chi connectivity index (χ3v) is 8.77. The van der Waals surface area contributed by atoms with Crippen LogP contribution in [0.15, 0.2) is 82.7 Å². The fraction of sp³-hybridized carbons (Fsp3) is 0.290. The van der Waals surface area contributed by atoms with E-state index in [-0.39, 0.29) is 11.0 Å². The molecule has 0 bridgehead atoms. The molecule has 0 radical (unpaired) electrons. The van der Waals surface area contributed by atoms with Crippen molar-refractivity contribution in [1.29, 1.82) is 0 Å². The molecule has 0 saturated heterocycles. The van der Waals surface area contributed by atoms with Gasteiger partial charge in [0.05, 0.1) is 24.1 Å². The molecule has 0 aliphatic heterocycles. The summed E-state index contributed by atoms with van der Waals surface area (Å²) >= 11 is 1.62. The zero-order chi connectivity index (χ0) is 24.7. The molecule has 1 heterocycles. The van der Waals surface area contributed by atoms with Gasteiger partial charge in [-0.25, -0.2) is 4.98 Å². The zero-order valence-corrected chi connectivity index (χ0v) is 21.6. The predicted molar refractivity (Wildman–Crippen MR) is 146 cm³/mol. The lowest BCUT2D eigenvalue weighted by Crippen LogP contribution is -2.40. The van der Waals surface area contributed by atoms with Crippen LogP contribution in [-0.2, 0) is 17.6 Å². The van der Waals surface area contributed by atoms with E-state index < -0.39 is 0 Å². The molecule has 36 heavy (non-hydrogen) atoms. The quantitative estimate of drug-likeness (QED) is 0.224. The van der Waals surface area contributed by atoms with Gasteiger partial charge in [0.15, 0.2) is 5.16 Å². The van der Waals surface area contributed by atoms with Crippen molar-refractivity contribution in [2.24, 2.45) is 0 Å². The predicted octanol–water partition coefficient (Wildman–Crippen LogP) is 6.88. The highest BCUT2D eigenvalue weighted by Crippen LogP contribution is 2.50. The van der Waals surface area contributed by atoms with Gasteiger partial charge in [0, 0.05) is 16.7 Å². The van der Waals surface area contributed by atoms with Gasteiger partial charge in [0.25, 0.3) is 5.56 Å². The van der Waals surface area contributed by atoms with Crippen molar-refractivity contribution < 1.29 is 4.74 Å². The van der Waals surface area contributed by atoms with Crippen molar-refractivity contribution >= 4 is 11.8 Å². The minimum Gasteiger partial charge on any atom is -0.497 e. The lowest BCUT2D eigenvalue weighted by Gasteiger charge is -2.36. The van der Waals surface area contributed by atoms with Gasteiger partial charge in [-0.2, -0.15) is 0 Å². The van der Waals surface area contributed by atoms with Gasteiger partial charge in [-0.3, -0.25) is 9.36 Å². The Hall–Kier alpha value is -3.31. The minimum absolute atomic E-state index is 0.0768. The van der Waals surface area contributed by atoms with Crippen LogP contribution in [0.2, 0.25) is 0 Å². The molecule has 5 heteroatoms. The first kappa shape index (κ1) is 23.1. The molecule has 2 aliphatic carbocycles. The molecule has 6 rings (SSSR count). The molecule has 0 N–H and O–H groups in total. The van der Waals surface area contributed by atoms with Crippen LogP contribution >= 0.6 is 11.8 Å². The molecule has 1 spiro atoms. The first-order chi connectivity index (χ1) is 17.6. The summed E-state index contributed by atoms with van der Waals surface area (Å²) in [6.07, 6.45) is 5.33. The monoisotopic (exact) mass is 494 g/mol. The summed E-state index contributed by atoms with van der Waals surface area (Å²) in [6, 6.07) is 24.8. The normalized spacial score (nSPS) is 15.5. The molecular weight excluding hydrogens is 464 g/mol. The second-order valence-electron chi connectivity index (χ2n) is 10.1. The SMILES string of the molecule is COc1ccc(-n2c(SCc3ccc(C)cc3)nc3c(c2=O)C2(CCCC2)Cc2ccccc2-3)cc1. The van der Waals surface area contributed by atoms with Crippen LogP contribution in [0.25, 0.3) is 16.9 Å². The Morgan fingerprint density at radius 3 is 2.42 bits per heavy atom. The second kappa shape index (κ2) is 9.29. The Bertz CT molecular complexity index is 1470. The highest BCUT2D eigenvalue weighted by atomic mass is 32.2. The summed E-state index contributed by atoms with van der Waals surface area (Å²) in [7, 11) is 1.66. The first-order valence-electron chi connectivity index (χ1n) is 12.7. The Labute approximate surface area is 216 Å². The fourth-order valence-electron chi connectivity index (χ4n) is 5.90. The number of thioether (sulfide) groups is 1. The Balaban J connectivity index is 1.56. The van der Waals surface area contributed by atoms with E-state index in [0.29, 0.717) is 0 Å². The maximum atomic E-state index is 14.5. The van der Waals surface area contributed by atoms with Crippen LogP contribution in [-0.4, -0.2) is 16.7 Å². The number of aromatic nitrogens is 2. The number of hydrogen-bond donors (Lipinski definition) is 0. The number of fused-ring (bicyclic) bond motifs is 4. The topological polar surface area (TPSA) is 44.1 Å². The molecule has 182 valence electrons. The standard InChI is InChI=1S/C31H30N2O2S/c1-21-9-11-22(12-10-21)20-36-30-32-28-26-8-4-3-7-23(26)19-31(17-5-6-18-31)27(28)29(34)33(30)24-13-15-25(35-2)16-14-24/h3-4,7-16H,5-6,17-20H2,1-2H3. The molecule has 0 amide bonds. The summed E-state index contributed by atoms with van der Waals surface area (Å²) in [5.41, 5.74) is 7.46. The van der Waals surface area contributed by atoms with E-state index in [1.54, 1.807) is 18.9 Å². The average Bonchev–Trinajstić information content (AvgIpc) is 3.36. The van der Waals surface area contributed by atoms with Crippen molar-refractivity contribution in [2.75, 3.05) is 7.11 Å². The van der Waals surface area contributed by atoms with E-state index in [9.17, 15) is 4.79 Å². The van der Waals surface area contributed by atoms with Crippen LogP contribution in [0.5, 0.6) is 5.75 Å². The van der Waals surface area contributed by atoms with E-state index in [1.807, 2.05) is 28.8 Å². The van der Waals surface area contributed by atoms with Crippen molar-refractivity contribution in [3.63, 3.8) is 0 Å². The zero-order valence-electron chi connectivity index (χ0n) is 20.8.